The maximum absolute atomic E-state index is 13.7. The fraction of sp³-hybridized carbons (Fsp3) is 0.333. The Balaban J connectivity index is 1.71. The first-order chi connectivity index (χ1) is 14.3. The summed E-state index contributed by atoms with van der Waals surface area (Å²) < 4.78 is 48.2. The van der Waals surface area contributed by atoms with E-state index in [1.165, 1.54) is 25.3 Å². The molecule has 6 nitrogen and oxygen atoms in total. The number of nitrogens with one attached hydrogen (secondary N) is 2. The van der Waals surface area contributed by atoms with Gasteiger partial charge in [-0.3, -0.25) is 9.59 Å². The summed E-state index contributed by atoms with van der Waals surface area (Å²) in [6, 6.07) is 7.83. The first-order valence-corrected chi connectivity index (χ1v) is 9.28. The zero-order chi connectivity index (χ0) is 21.8. The van der Waals surface area contributed by atoms with Crippen LogP contribution in [0.2, 0.25) is 0 Å². The Hall–Kier alpha value is -3.23. The second-order valence-electron chi connectivity index (χ2n) is 7.05. The fourth-order valence-corrected chi connectivity index (χ4v) is 3.02. The largest absolute Gasteiger partial charge is 0.493 e. The number of carbonyl (C=O) groups is 2. The molecule has 2 aromatic rings. The average molecular weight is 422 g/mol. The second-order valence-corrected chi connectivity index (χ2v) is 7.05. The van der Waals surface area contributed by atoms with Crippen molar-refractivity contribution in [3.8, 4) is 11.5 Å². The minimum atomic E-state index is -3.03. The smallest absolute Gasteiger partial charge is 0.387 e. The number of alkyl halides is 2. The minimum absolute atomic E-state index is 0.0331. The van der Waals surface area contributed by atoms with Crippen molar-refractivity contribution in [2.24, 2.45) is 11.8 Å². The fourth-order valence-electron chi connectivity index (χ4n) is 3.02. The Morgan fingerprint density at radius 2 is 1.90 bits per heavy atom. The van der Waals surface area contributed by atoms with Crippen molar-refractivity contribution >= 4 is 17.5 Å². The molecule has 9 heteroatoms. The van der Waals surface area contributed by atoms with Crippen molar-refractivity contribution < 1.29 is 32.2 Å². The normalized spacial score (nSPS) is 17.4. The molecule has 2 atom stereocenters. The van der Waals surface area contributed by atoms with Gasteiger partial charge in [0.2, 0.25) is 5.91 Å². The molecule has 30 heavy (non-hydrogen) atoms. The number of amides is 2. The molecule has 2 aromatic carbocycles. The van der Waals surface area contributed by atoms with E-state index in [2.05, 4.69) is 15.4 Å². The number of anilines is 1. The van der Waals surface area contributed by atoms with Crippen LogP contribution in [-0.4, -0.2) is 25.5 Å². The molecule has 2 unspecified atom stereocenters. The van der Waals surface area contributed by atoms with Crippen LogP contribution in [0.5, 0.6) is 11.5 Å². The molecule has 2 amide bonds. The van der Waals surface area contributed by atoms with Gasteiger partial charge in [-0.25, -0.2) is 4.39 Å². The summed E-state index contributed by atoms with van der Waals surface area (Å²) in [5.74, 6) is -1.35. The van der Waals surface area contributed by atoms with E-state index in [1.54, 1.807) is 6.07 Å². The Labute approximate surface area is 171 Å². The Morgan fingerprint density at radius 1 is 1.17 bits per heavy atom. The predicted octanol–water partition coefficient (Wildman–Crippen LogP) is 3.96. The third kappa shape index (κ3) is 5.22. The summed E-state index contributed by atoms with van der Waals surface area (Å²) in [6.45, 7) is -1.12. The summed E-state index contributed by atoms with van der Waals surface area (Å²) in [4.78, 5) is 24.8. The van der Waals surface area contributed by atoms with E-state index < -0.39 is 18.3 Å². The molecule has 2 N–H and O–H groups in total. The van der Waals surface area contributed by atoms with Crippen LogP contribution in [0.4, 0.5) is 18.9 Å². The van der Waals surface area contributed by atoms with Gasteiger partial charge >= 0.3 is 6.61 Å². The lowest BCUT2D eigenvalue weighted by atomic mass is 10.1. The average Bonchev–Trinajstić information content (AvgIpc) is 3.44. The van der Waals surface area contributed by atoms with E-state index in [9.17, 15) is 22.8 Å². The molecular formula is C21H21F3N2O4. The first kappa shape index (κ1) is 21.5. The molecule has 1 aliphatic carbocycles. The van der Waals surface area contributed by atoms with Crippen LogP contribution in [-0.2, 0) is 11.3 Å². The first-order valence-electron chi connectivity index (χ1n) is 9.28. The topological polar surface area (TPSA) is 76.7 Å². The van der Waals surface area contributed by atoms with Gasteiger partial charge in [-0.1, -0.05) is 13.0 Å². The summed E-state index contributed by atoms with van der Waals surface area (Å²) >= 11 is 0. The van der Waals surface area contributed by atoms with E-state index in [4.69, 9.17) is 4.74 Å². The summed E-state index contributed by atoms with van der Waals surface area (Å²) in [7, 11) is 1.32. The number of benzene rings is 2. The van der Waals surface area contributed by atoms with E-state index in [1.807, 2.05) is 6.92 Å². The summed E-state index contributed by atoms with van der Waals surface area (Å²) in [6.07, 6.45) is 0.773. The highest BCUT2D eigenvalue weighted by molar-refractivity contribution is 6.04. The van der Waals surface area contributed by atoms with Crippen LogP contribution >= 0.6 is 0 Å². The van der Waals surface area contributed by atoms with Gasteiger partial charge in [0.25, 0.3) is 5.91 Å². The molecule has 0 saturated heterocycles. The molecule has 1 aliphatic rings. The van der Waals surface area contributed by atoms with Crippen molar-refractivity contribution in [2.45, 2.75) is 26.5 Å². The highest BCUT2D eigenvalue weighted by Crippen LogP contribution is 2.38. The number of methoxy groups -OCH3 is 1. The third-order valence-electron chi connectivity index (χ3n) is 4.83. The van der Waals surface area contributed by atoms with E-state index in [0.29, 0.717) is 5.56 Å². The van der Waals surface area contributed by atoms with Gasteiger partial charge in [-0.2, -0.15) is 8.78 Å². The van der Waals surface area contributed by atoms with Gasteiger partial charge in [-0.05, 0) is 48.2 Å². The van der Waals surface area contributed by atoms with Crippen LogP contribution in [0.25, 0.3) is 0 Å². The van der Waals surface area contributed by atoms with Gasteiger partial charge in [0.1, 0.15) is 5.82 Å². The second kappa shape index (κ2) is 9.06. The van der Waals surface area contributed by atoms with Gasteiger partial charge in [0, 0.05) is 12.5 Å². The lowest BCUT2D eigenvalue weighted by molar-refractivity contribution is -0.117. The summed E-state index contributed by atoms with van der Waals surface area (Å²) in [5, 5.41) is 5.26. The van der Waals surface area contributed by atoms with E-state index in [-0.39, 0.29) is 47.0 Å². The molecule has 0 bridgehead atoms. The predicted molar refractivity (Wildman–Crippen MR) is 103 cm³/mol. The Bertz CT molecular complexity index is 952. The molecule has 0 aromatic heterocycles. The standard InChI is InChI=1S/C21H21F3N2O4/c1-11-7-14(11)20(28)26-16-5-4-13(22)9-15(16)19(27)25-10-12-3-6-17(29-2)18(8-12)30-21(23)24/h3-6,8-9,11,14,21H,7,10H2,1-2H3,(H,25,27)(H,26,28). The molecule has 3 rings (SSSR count). The maximum atomic E-state index is 13.7. The molecule has 1 fully saturated rings. The highest BCUT2D eigenvalue weighted by Gasteiger charge is 2.39. The van der Waals surface area contributed by atoms with E-state index in [0.717, 1.165) is 18.6 Å². The number of hydrogen-bond donors (Lipinski definition) is 2. The zero-order valence-corrected chi connectivity index (χ0v) is 16.4. The molecule has 0 spiro atoms. The Kier molecular flexibility index (Phi) is 6.49. The van der Waals surface area contributed by atoms with Crippen molar-refractivity contribution in [2.75, 3.05) is 12.4 Å². The molecular weight excluding hydrogens is 401 g/mol. The number of halogens is 3. The van der Waals surface area contributed by atoms with Gasteiger partial charge < -0.3 is 20.1 Å². The van der Waals surface area contributed by atoms with E-state index >= 15 is 0 Å². The SMILES string of the molecule is COc1ccc(CNC(=O)c2cc(F)ccc2NC(=O)C2CC2C)cc1OC(F)F. The van der Waals surface area contributed by atoms with Crippen LogP contribution in [0.1, 0.15) is 29.3 Å². The number of carbonyl (C=O) groups excluding carboxylic acids is 2. The van der Waals surface area contributed by atoms with Gasteiger partial charge in [0.05, 0.1) is 18.4 Å². The number of hydrogen-bond acceptors (Lipinski definition) is 4. The van der Waals surface area contributed by atoms with Crippen LogP contribution in [0.15, 0.2) is 36.4 Å². The lowest BCUT2D eigenvalue weighted by Gasteiger charge is -2.13. The van der Waals surface area contributed by atoms with Crippen molar-refractivity contribution in [3.05, 3.63) is 53.3 Å². The van der Waals surface area contributed by atoms with Crippen LogP contribution < -0.4 is 20.1 Å². The van der Waals surface area contributed by atoms with Crippen LogP contribution in [0, 0.1) is 17.7 Å². The van der Waals surface area contributed by atoms with Crippen molar-refractivity contribution in [1.82, 2.24) is 5.32 Å². The molecule has 0 aliphatic heterocycles. The van der Waals surface area contributed by atoms with Gasteiger partial charge in [0.15, 0.2) is 11.5 Å². The van der Waals surface area contributed by atoms with Crippen LogP contribution in [0.3, 0.4) is 0 Å². The molecule has 0 radical (unpaired) electrons. The number of rotatable bonds is 8. The van der Waals surface area contributed by atoms with Crippen molar-refractivity contribution in [1.29, 1.82) is 0 Å². The Morgan fingerprint density at radius 3 is 2.53 bits per heavy atom. The minimum Gasteiger partial charge on any atom is -0.493 e. The maximum Gasteiger partial charge on any atom is 0.387 e. The monoisotopic (exact) mass is 422 g/mol. The molecule has 1 saturated carbocycles. The highest BCUT2D eigenvalue weighted by atomic mass is 19.3. The lowest BCUT2D eigenvalue weighted by Crippen LogP contribution is -2.25. The third-order valence-corrected chi connectivity index (χ3v) is 4.83. The summed E-state index contributed by atoms with van der Waals surface area (Å²) in [5.41, 5.74) is 0.636. The molecule has 160 valence electrons. The quantitative estimate of drug-likeness (QED) is 0.675. The zero-order valence-electron chi connectivity index (χ0n) is 16.4. The molecule has 0 heterocycles. The number of ether oxygens (including phenoxy) is 2. The van der Waals surface area contributed by atoms with Gasteiger partial charge in [-0.15, -0.1) is 0 Å². The van der Waals surface area contributed by atoms with Crippen molar-refractivity contribution in [3.63, 3.8) is 0 Å².